The summed E-state index contributed by atoms with van der Waals surface area (Å²) in [6.07, 6.45) is 1.74. The first-order valence-electron chi connectivity index (χ1n) is 4.81. The Kier molecular flexibility index (Phi) is 5.54. The molecule has 0 amide bonds. The maximum atomic E-state index is 9.55. The number of hydrogen-bond donors (Lipinski definition) is 1. The van der Waals surface area contributed by atoms with Gasteiger partial charge in [0.1, 0.15) is 19.2 Å². The molecule has 5 nitrogen and oxygen atoms in total. The zero-order valence-corrected chi connectivity index (χ0v) is 9.74. The van der Waals surface area contributed by atoms with Crippen LogP contribution in [0.5, 0.6) is 0 Å². The Morgan fingerprint density at radius 1 is 1.14 bits per heavy atom. The van der Waals surface area contributed by atoms with Gasteiger partial charge >= 0.3 is 0 Å². The largest absolute Gasteiger partial charge is 0.318 e. The third-order valence-electron chi connectivity index (χ3n) is 2.64. The monoisotopic (exact) mass is 208 g/mol. The Hall–Kier alpha value is -0.200. The molecule has 5 heteroatoms. The first kappa shape index (κ1) is 13.8. The Labute approximate surface area is 85.6 Å². The van der Waals surface area contributed by atoms with Crippen LogP contribution in [0, 0.1) is 0 Å². The maximum Gasteiger partial charge on any atom is 0.281 e. The smallest absolute Gasteiger partial charge is 0.281 e. The average molecular weight is 208 g/mol. The molecule has 86 valence electrons. The lowest BCUT2D eigenvalue weighted by molar-refractivity contribution is -1.37. The van der Waals surface area contributed by atoms with Crippen molar-refractivity contribution in [2.45, 2.75) is 39.2 Å². The van der Waals surface area contributed by atoms with E-state index in [1.807, 2.05) is 20.8 Å². The molecule has 0 fully saturated rings. The van der Waals surface area contributed by atoms with Gasteiger partial charge in [-0.1, -0.05) is 13.8 Å². The molecule has 0 radical (unpaired) electrons. The van der Waals surface area contributed by atoms with E-state index in [0.29, 0.717) is 0 Å². The van der Waals surface area contributed by atoms with E-state index in [2.05, 4.69) is 0 Å². The van der Waals surface area contributed by atoms with E-state index < -0.39 is 4.97 Å². The van der Waals surface area contributed by atoms with Gasteiger partial charge in [0.15, 0.2) is 0 Å². The van der Waals surface area contributed by atoms with Crippen LogP contribution in [0.4, 0.5) is 0 Å². The molecule has 0 aliphatic rings. The Morgan fingerprint density at radius 3 is 1.86 bits per heavy atom. The third-order valence-corrected chi connectivity index (χ3v) is 2.64. The molecule has 0 unspecified atom stereocenters. The highest BCUT2D eigenvalue weighted by Crippen LogP contribution is 2.20. The van der Waals surface area contributed by atoms with Crippen molar-refractivity contribution in [3.63, 3.8) is 0 Å². The van der Waals surface area contributed by atoms with Gasteiger partial charge in [-0.25, -0.2) is 0 Å². The molecular weight excluding hydrogens is 186 g/mol. The molecule has 0 saturated heterocycles. The molecule has 0 heterocycles. The minimum atomic E-state index is -0.990. The minimum absolute atomic E-state index is 0.0504. The highest BCUT2D eigenvalue weighted by Gasteiger charge is 2.32. The van der Waals surface area contributed by atoms with Gasteiger partial charge in [0.25, 0.3) is 6.73 Å². The van der Waals surface area contributed by atoms with Crippen LogP contribution in [0.1, 0.15) is 33.6 Å². The summed E-state index contributed by atoms with van der Waals surface area (Å²) in [6.45, 7) is 6.01. The number of nitrogens with zero attached hydrogens (tertiary/aromatic N) is 1. The number of hydrogen-bond acceptors (Lipinski definition) is 4. The van der Waals surface area contributed by atoms with Crippen LogP contribution in [-0.4, -0.2) is 36.7 Å². The van der Waals surface area contributed by atoms with E-state index in [-0.39, 0.29) is 12.3 Å². The highest BCUT2D eigenvalue weighted by atomic mass is 17.2. The van der Waals surface area contributed by atoms with Gasteiger partial charge in [0, 0.05) is 0 Å². The van der Waals surface area contributed by atoms with E-state index in [0.717, 1.165) is 12.8 Å². The molecule has 14 heavy (non-hydrogen) atoms. The van der Waals surface area contributed by atoms with Gasteiger partial charge in [-0.2, -0.15) is 0 Å². The summed E-state index contributed by atoms with van der Waals surface area (Å²) < 4.78 is 5.55. The number of rotatable bonds is 7. The summed E-state index contributed by atoms with van der Waals surface area (Å²) in [6, 6.07) is 0. The predicted octanol–water partition coefficient (Wildman–Crippen LogP) is 1.87. The van der Waals surface area contributed by atoms with Crippen molar-refractivity contribution < 1.29 is 24.6 Å². The average Bonchev–Trinajstić information content (AvgIpc) is 2.25. The second kappa shape index (κ2) is 5.63. The van der Waals surface area contributed by atoms with Crippen molar-refractivity contribution in [3.8, 4) is 0 Å². The maximum absolute atomic E-state index is 9.55. The molecule has 0 aliphatic carbocycles. The van der Waals surface area contributed by atoms with Gasteiger partial charge in [0.05, 0.1) is 5.60 Å². The summed E-state index contributed by atoms with van der Waals surface area (Å²) in [5, 5.41) is 9.55. The van der Waals surface area contributed by atoms with Gasteiger partial charge in [0.2, 0.25) is 0 Å². The topological polar surface area (TPSA) is 47.9 Å². The minimum Gasteiger partial charge on any atom is -0.318 e. The Balaban J connectivity index is 4.14. The fraction of sp³-hybridized carbons (Fsp3) is 1.00. The SMILES string of the molecule is CCC(C)(CC)OC[N+](O)(OC)OC. The van der Waals surface area contributed by atoms with Crippen LogP contribution in [0.3, 0.4) is 0 Å². The zero-order valence-electron chi connectivity index (χ0n) is 9.74. The van der Waals surface area contributed by atoms with Crippen molar-refractivity contribution in [2.24, 2.45) is 0 Å². The van der Waals surface area contributed by atoms with Gasteiger partial charge in [-0.05, 0) is 19.8 Å². The number of ether oxygens (including phenoxy) is 1. The van der Waals surface area contributed by atoms with Gasteiger partial charge in [-0.15, -0.1) is 14.9 Å². The molecule has 1 N–H and O–H groups in total. The second-order valence-corrected chi connectivity index (χ2v) is 3.43. The summed E-state index contributed by atoms with van der Waals surface area (Å²) in [7, 11) is 2.70. The first-order valence-corrected chi connectivity index (χ1v) is 4.81. The van der Waals surface area contributed by atoms with Crippen molar-refractivity contribution in [1.82, 2.24) is 0 Å². The third kappa shape index (κ3) is 3.89. The quantitative estimate of drug-likeness (QED) is 0.394. The van der Waals surface area contributed by atoms with Crippen molar-refractivity contribution in [1.29, 1.82) is 0 Å². The molecule has 0 aromatic rings. The summed E-state index contributed by atoms with van der Waals surface area (Å²) in [5.74, 6) is 0. The van der Waals surface area contributed by atoms with Gasteiger partial charge in [-0.3, -0.25) is 0 Å². The predicted molar refractivity (Wildman–Crippen MR) is 51.0 cm³/mol. The van der Waals surface area contributed by atoms with Crippen molar-refractivity contribution in [2.75, 3.05) is 21.0 Å². The fourth-order valence-electron chi connectivity index (χ4n) is 0.871. The lowest BCUT2D eigenvalue weighted by Crippen LogP contribution is -2.47. The van der Waals surface area contributed by atoms with E-state index in [1.165, 1.54) is 14.2 Å². The van der Waals surface area contributed by atoms with E-state index >= 15 is 0 Å². The Bertz CT molecular complexity index is 137. The first-order chi connectivity index (χ1) is 6.45. The van der Waals surface area contributed by atoms with Crippen LogP contribution in [-0.2, 0) is 14.4 Å². The standard InChI is InChI=1S/C9H22NO4/c1-6-9(3,7-2)14-8-10(11,12-4)13-5/h11H,6-8H2,1-5H3/q+1. The van der Waals surface area contributed by atoms with Crippen LogP contribution in [0.15, 0.2) is 0 Å². The molecule has 0 aromatic carbocycles. The molecular formula is C9H22NO4+. The summed E-state index contributed by atoms with van der Waals surface area (Å²) >= 11 is 0. The molecule has 0 atom stereocenters. The van der Waals surface area contributed by atoms with Crippen LogP contribution < -0.4 is 0 Å². The number of hydroxylamine groups is 3. The molecule has 0 aromatic heterocycles. The fourth-order valence-corrected chi connectivity index (χ4v) is 0.871. The second-order valence-electron chi connectivity index (χ2n) is 3.43. The van der Waals surface area contributed by atoms with Crippen LogP contribution >= 0.6 is 0 Å². The van der Waals surface area contributed by atoms with E-state index in [1.54, 1.807) is 0 Å². The van der Waals surface area contributed by atoms with Crippen LogP contribution in [0.25, 0.3) is 0 Å². The highest BCUT2D eigenvalue weighted by molar-refractivity contribution is 4.69. The molecule has 0 aliphatic heterocycles. The van der Waals surface area contributed by atoms with Crippen LogP contribution in [0.2, 0.25) is 0 Å². The summed E-state index contributed by atoms with van der Waals surface area (Å²) in [4.78, 5) is 8.44. The zero-order chi connectivity index (χ0) is 11.2. The van der Waals surface area contributed by atoms with Crippen molar-refractivity contribution in [3.05, 3.63) is 0 Å². The molecule has 0 saturated carbocycles. The van der Waals surface area contributed by atoms with E-state index in [9.17, 15) is 5.21 Å². The lowest BCUT2D eigenvalue weighted by Gasteiger charge is -2.29. The van der Waals surface area contributed by atoms with Crippen molar-refractivity contribution >= 4 is 0 Å². The Morgan fingerprint density at radius 2 is 1.57 bits per heavy atom. The lowest BCUT2D eigenvalue weighted by atomic mass is 10.0. The van der Waals surface area contributed by atoms with Gasteiger partial charge < -0.3 is 4.74 Å². The van der Waals surface area contributed by atoms with E-state index in [4.69, 9.17) is 14.4 Å². The summed E-state index contributed by atoms with van der Waals surface area (Å²) in [5.41, 5.74) is -0.247. The number of quaternary nitrogens is 1. The molecule has 0 rings (SSSR count). The molecule has 0 bridgehead atoms. The normalized spacial score (nSPS) is 13.3. The molecule has 0 spiro atoms.